The molecular formula is C20H14N4O10. The third kappa shape index (κ3) is 4.45. The number of nitro groups is 2. The largest absolute Gasteiger partial charge is 0.465 e. The molecular weight excluding hydrogens is 456 g/mol. The van der Waals surface area contributed by atoms with E-state index in [0.29, 0.717) is 4.90 Å². The van der Waals surface area contributed by atoms with Crippen molar-refractivity contribution in [1.29, 1.82) is 0 Å². The first-order valence-corrected chi connectivity index (χ1v) is 9.49. The Labute approximate surface area is 189 Å². The maximum Gasteiger partial charge on any atom is 0.326 e. The van der Waals surface area contributed by atoms with Gasteiger partial charge in [-0.2, -0.15) is 0 Å². The summed E-state index contributed by atoms with van der Waals surface area (Å²) in [5.41, 5.74) is -0.278. The van der Waals surface area contributed by atoms with Crippen LogP contribution < -0.4 is 5.32 Å². The van der Waals surface area contributed by atoms with Crippen molar-refractivity contribution >= 4 is 41.0 Å². The molecule has 0 bridgehead atoms. The van der Waals surface area contributed by atoms with E-state index in [-0.39, 0.29) is 40.2 Å². The van der Waals surface area contributed by atoms with E-state index in [9.17, 15) is 44.2 Å². The summed E-state index contributed by atoms with van der Waals surface area (Å²) in [7, 11) is 0. The molecule has 2 aliphatic heterocycles. The fraction of sp³-hybridized carbons (Fsp3) is 0.150. The molecule has 0 saturated carbocycles. The predicted octanol–water partition coefficient (Wildman–Crippen LogP) is 1.23. The van der Waals surface area contributed by atoms with E-state index in [1.165, 1.54) is 18.2 Å². The molecule has 0 saturated heterocycles. The summed E-state index contributed by atoms with van der Waals surface area (Å²) < 4.78 is 4.67. The Bertz CT molecular complexity index is 1290. The number of imide groups is 2. The molecule has 0 radical (unpaired) electrons. The highest BCUT2D eigenvalue weighted by molar-refractivity contribution is 6.23. The van der Waals surface area contributed by atoms with Gasteiger partial charge in [0.1, 0.15) is 6.54 Å². The number of esters is 1. The lowest BCUT2D eigenvalue weighted by atomic mass is 10.1. The van der Waals surface area contributed by atoms with Crippen LogP contribution in [0.15, 0.2) is 36.4 Å². The molecule has 0 fully saturated rings. The van der Waals surface area contributed by atoms with Crippen LogP contribution in [-0.4, -0.2) is 57.5 Å². The smallest absolute Gasteiger partial charge is 0.326 e. The number of carbonyl (C=O) groups excluding carboxylic acids is 5. The second-order valence-corrected chi connectivity index (χ2v) is 6.76. The van der Waals surface area contributed by atoms with Gasteiger partial charge < -0.3 is 4.74 Å². The van der Waals surface area contributed by atoms with Crippen molar-refractivity contribution in [3.05, 3.63) is 78.9 Å². The summed E-state index contributed by atoms with van der Waals surface area (Å²) in [6.45, 7) is 1.23. The van der Waals surface area contributed by atoms with Crippen molar-refractivity contribution in [1.82, 2.24) is 10.2 Å². The number of hydrogen-bond donors (Lipinski definition) is 1. The zero-order valence-electron chi connectivity index (χ0n) is 17.3. The summed E-state index contributed by atoms with van der Waals surface area (Å²) in [4.78, 5) is 77.9. The third-order valence-corrected chi connectivity index (χ3v) is 4.69. The summed E-state index contributed by atoms with van der Waals surface area (Å²) in [5.74, 6) is -3.21. The van der Waals surface area contributed by atoms with E-state index in [2.05, 4.69) is 4.74 Å². The number of ether oxygens (including phenoxy) is 1. The van der Waals surface area contributed by atoms with Gasteiger partial charge in [-0.1, -0.05) is 0 Å². The first-order valence-electron chi connectivity index (χ1n) is 9.49. The van der Waals surface area contributed by atoms with Gasteiger partial charge in [0.25, 0.3) is 35.0 Å². The number of nitro benzene ring substituents is 2. The lowest BCUT2D eigenvalue weighted by molar-refractivity contribution is -0.385. The van der Waals surface area contributed by atoms with Crippen molar-refractivity contribution in [2.45, 2.75) is 6.92 Å². The fourth-order valence-corrected chi connectivity index (χ4v) is 3.14. The standard InChI is InChI=1S/C12H10N2O6.C8H4N2O4/c1-2-20-10(15)6-13-11(16)8-4-3-7(14(18)19)5-9(8)12(13)17;11-7-5-2-1-4(10(13)14)3-6(5)8(12)9-7/h3-5H,2,6H2,1H3;1-3H,(H,9,11,12). The van der Waals surface area contributed by atoms with Gasteiger partial charge in [0.15, 0.2) is 0 Å². The summed E-state index contributed by atoms with van der Waals surface area (Å²) >= 11 is 0. The minimum atomic E-state index is -0.734. The minimum absolute atomic E-state index is 0.0462. The van der Waals surface area contributed by atoms with Crippen LogP contribution in [0.5, 0.6) is 0 Å². The van der Waals surface area contributed by atoms with Gasteiger partial charge in [-0.25, -0.2) is 0 Å². The normalized spacial score (nSPS) is 13.5. The van der Waals surface area contributed by atoms with E-state index in [4.69, 9.17) is 0 Å². The highest BCUT2D eigenvalue weighted by atomic mass is 16.6. The van der Waals surface area contributed by atoms with Gasteiger partial charge >= 0.3 is 5.97 Å². The zero-order chi connectivity index (χ0) is 25.2. The average molecular weight is 470 g/mol. The van der Waals surface area contributed by atoms with E-state index < -0.39 is 46.0 Å². The first-order chi connectivity index (χ1) is 16.0. The Morgan fingerprint density at radius 3 is 1.91 bits per heavy atom. The number of nitrogens with zero attached hydrogens (tertiary/aromatic N) is 3. The van der Waals surface area contributed by atoms with Crippen LogP contribution in [-0.2, 0) is 9.53 Å². The maximum atomic E-state index is 12.0. The maximum absolute atomic E-state index is 12.0. The molecule has 34 heavy (non-hydrogen) atoms. The second kappa shape index (κ2) is 9.23. The zero-order valence-corrected chi connectivity index (χ0v) is 17.3. The molecule has 0 unspecified atom stereocenters. The molecule has 0 atom stereocenters. The number of carbonyl (C=O) groups is 5. The third-order valence-electron chi connectivity index (χ3n) is 4.69. The molecule has 2 heterocycles. The summed E-state index contributed by atoms with van der Waals surface area (Å²) in [6, 6.07) is 6.93. The quantitative estimate of drug-likeness (QED) is 0.287. The van der Waals surface area contributed by atoms with Gasteiger partial charge in [0.2, 0.25) is 0 Å². The minimum Gasteiger partial charge on any atom is -0.465 e. The lowest BCUT2D eigenvalue weighted by Gasteiger charge is -2.12. The highest BCUT2D eigenvalue weighted by Gasteiger charge is 2.38. The molecule has 0 aromatic heterocycles. The van der Waals surface area contributed by atoms with Gasteiger partial charge in [-0.15, -0.1) is 0 Å². The van der Waals surface area contributed by atoms with Crippen molar-refractivity contribution in [3.8, 4) is 0 Å². The number of benzene rings is 2. The topological polar surface area (TPSA) is 196 Å². The van der Waals surface area contributed by atoms with Crippen LogP contribution in [0.3, 0.4) is 0 Å². The molecule has 14 heteroatoms. The lowest BCUT2D eigenvalue weighted by Crippen LogP contribution is -2.35. The van der Waals surface area contributed by atoms with Crippen LogP contribution in [0.2, 0.25) is 0 Å². The molecule has 2 aliphatic rings. The summed E-state index contributed by atoms with van der Waals surface area (Å²) in [6.07, 6.45) is 0. The van der Waals surface area contributed by atoms with E-state index in [1.54, 1.807) is 6.92 Å². The Balaban J connectivity index is 0.000000202. The van der Waals surface area contributed by atoms with Crippen molar-refractivity contribution in [2.75, 3.05) is 13.2 Å². The molecule has 2 aromatic carbocycles. The van der Waals surface area contributed by atoms with Crippen LogP contribution >= 0.6 is 0 Å². The number of rotatable bonds is 5. The monoisotopic (exact) mass is 470 g/mol. The molecule has 0 aliphatic carbocycles. The van der Waals surface area contributed by atoms with Crippen LogP contribution in [0, 0.1) is 20.2 Å². The number of nitrogens with one attached hydrogen (secondary N) is 1. The highest BCUT2D eigenvalue weighted by Crippen LogP contribution is 2.26. The predicted molar refractivity (Wildman–Crippen MR) is 110 cm³/mol. The molecule has 4 amide bonds. The van der Waals surface area contributed by atoms with Crippen molar-refractivity contribution < 1.29 is 38.6 Å². The van der Waals surface area contributed by atoms with Gasteiger partial charge in [-0.05, 0) is 19.1 Å². The van der Waals surface area contributed by atoms with Crippen molar-refractivity contribution in [2.24, 2.45) is 0 Å². The van der Waals surface area contributed by atoms with Crippen molar-refractivity contribution in [3.63, 3.8) is 0 Å². The van der Waals surface area contributed by atoms with Crippen LogP contribution in [0.1, 0.15) is 48.4 Å². The van der Waals surface area contributed by atoms with E-state index in [1.807, 2.05) is 5.32 Å². The number of amides is 4. The van der Waals surface area contributed by atoms with Crippen LogP contribution in [0.4, 0.5) is 11.4 Å². The Morgan fingerprint density at radius 1 is 0.853 bits per heavy atom. The van der Waals surface area contributed by atoms with Gasteiger partial charge in [0, 0.05) is 24.3 Å². The summed E-state index contributed by atoms with van der Waals surface area (Å²) in [5, 5.41) is 23.1. The Morgan fingerprint density at radius 2 is 1.35 bits per heavy atom. The number of hydrogen-bond acceptors (Lipinski definition) is 10. The second-order valence-electron chi connectivity index (χ2n) is 6.76. The molecule has 1 N–H and O–H groups in total. The molecule has 174 valence electrons. The average Bonchev–Trinajstić information content (AvgIpc) is 3.21. The fourth-order valence-electron chi connectivity index (χ4n) is 3.14. The molecule has 2 aromatic rings. The van der Waals surface area contributed by atoms with E-state index >= 15 is 0 Å². The SMILES string of the molecule is CCOC(=O)CN1C(=O)c2ccc([N+](=O)[O-])cc2C1=O.O=C1NC(=O)c2cc([N+](=O)[O-])ccc21. The Kier molecular flexibility index (Phi) is 6.42. The molecule has 4 rings (SSSR count). The molecule has 0 spiro atoms. The number of non-ortho nitro benzene ring substituents is 2. The first kappa shape index (κ1) is 23.6. The van der Waals surface area contributed by atoms with Gasteiger partial charge in [0.05, 0.1) is 38.7 Å². The van der Waals surface area contributed by atoms with E-state index in [0.717, 1.165) is 18.2 Å². The number of fused-ring (bicyclic) bond motifs is 2. The molecule has 14 nitrogen and oxygen atoms in total. The van der Waals surface area contributed by atoms with Crippen LogP contribution in [0.25, 0.3) is 0 Å². The van der Waals surface area contributed by atoms with Gasteiger partial charge in [-0.3, -0.25) is 54.4 Å². The Hall–Kier alpha value is -5.01.